The lowest BCUT2D eigenvalue weighted by Gasteiger charge is -2.06. The van der Waals surface area contributed by atoms with E-state index in [0.717, 1.165) is 12.1 Å². The van der Waals surface area contributed by atoms with E-state index in [2.05, 4.69) is 4.98 Å². The molecule has 0 bridgehead atoms. The average Bonchev–Trinajstić information content (AvgIpc) is 2.29. The van der Waals surface area contributed by atoms with Crippen LogP contribution in [0.3, 0.4) is 0 Å². The Morgan fingerprint density at radius 3 is 2.41 bits per heavy atom. The van der Waals surface area contributed by atoms with Crippen molar-refractivity contribution in [2.45, 2.75) is 0 Å². The Bertz CT molecular complexity index is 511. The minimum Gasteiger partial charge on any atom is -0.439 e. The van der Waals surface area contributed by atoms with E-state index in [-0.39, 0.29) is 17.4 Å². The van der Waals surface area contributed by atoms with Gasteiger partial charge in [-0.25, -0.2) is 8.78 Å². The first-order valence-corrected chi connectivity index (χ1v) is 4.71. The third-order valence-electron chi connectivity index (χ3n) is 2.05. The van der Waals surface area contributed by atoms with Crippen LogP contribution in [0.2, 0.25) is 0 Å². The van der Waals surface area contributed by atoms with Gasteiger partial charge in [0.2, 0.25) is 5.88 Å². The molecule has 0 saturated carbocycles. The smallest absolute Gasteiger partial charge is 0.221 e. The van der Waals surface area contributed by atoms with E-state index in [1.54, 1.807) is 0 Å². The maximum atomic E-state index is 12.9. The number of ether oxygens (including phenoxy) is 1. The van der Waals surface area contributed by atoms with Crippen molar-refractivity contribution in [1.29, 1.82) is 0 Å². The van der Waals surface area contributed by atoms with Gasteiger partial charge in [0.15, 0.2) is 17.5 Å². The van der Waals surface area contributed by atoms with Crippen molar-refractivity contribution in [3.63, 3.8) is 0 Å². The van der Waals surface area contributed by atoms with Gasteiger partial charge in [-0.1, -0.05) is 0 Å². The number of anilines is 2. The third kappa shape index (κ3) is 2.41. The summed E-state index contributed by atoms with van der Waals surface area (Å²) in [5.74, 6) is -1.54. The number of pyridine rings is 1. The number of nitrogen functional groups attached to an aromatic ring is 2. The monoisotopic (exact) mass is 237 g/mol. The maximum Gasteiger partial charge on any atom is 0.221 e. The predicted octanol–water partition coefficient (Wildman–Crippen LogP) is 2.32. The normalized spacial score (nSPS) is 10.2. The molecule has 0 aliphatic heterocycles. The molecule has 0 saturated heterocycles. The molecule has 88 valence electrons. The molecule has 0 aliphatic rings. The molecule has 1 heterocycles. The molecule has 1 aromatic carbocycles. The largest absolute Gasteiger partial charge is 0.439 e. The van der Waals surface area contributed by atoms with Gasteiger partial charge >= 0.3 is 0 Å². The fourth-order valence-electron chi connectivity index (χ4n) is 1.18. The van der Waals surface area contributed by atoms with Crippen molar-refractivity contribution in [2.24, 2.45) is 0 Å². The molecule has 4 nitrogen and oxygen atoms in total. The summed E-state index contributed by atoms with van der Waals surface area (Å²) < 4.78 is 30.8. The average molecular weight is 237 g/mol. The second-order valence-electron chi connectivity index (χ2n) is 3.30. The molecule has 0 spiro atoms. The highest BCUT2D eigenvalue weighted by atomic mass is 19.2. The van der Waals surface area contributed by atoms with Gasteiger partial charge in [0.05, 0.1) is 5.69 Å². The second-order valence-corrected chi connectivity index (χ2v) is 3.30. The van der Waals surface area contributed by atoms with Crippen LogP contribution in [0.1, 0.15) is 0 Å². The fraction of sp³-hybridized carbons (Fsp3) is 0. The third-order valence-corrected chi connectivity index (χ3v) is 2.05. The van der Waals surface area contributed by atoms with Crippen molar-refractivity contribution in [1.82, 2.24) is 4.98 Å². The van der Waals surface area contributed by atoms with Crippen LogP contribution in [-0.4, -0.2) is 4.98 Å². The van der Waals surface area contributed by atoms with Crippen LogP contribution in [0.25, 0.3) is 0 Å². The highest BCUT2D eigenvalue weighted by Gasteiger charge is 2.06. The van der Waals surface area contributed by atoms with Crippen LogP contribution in [0.15, 0.2) is 30.3 Å². The summed E-state index contributed by atoms with van der Waals surface area (Å²) in [6.07, 6.45) is 0. The van der Waals surface area contributed by atoms with Crippen LogP contribution >= 0.6 is 0 Å². The number of nitrogens with two attached hydrogens (primary N) is 2. The molecule has 0 aliphatic carbocycles. The van der Waals surface area contributed by atoms with E-state index < -0.39 is 11.6 Å². The Balaban J connectivity index is 2.25. The number of halogens is 2. The summed E-state index contributed by atoms with van der Waals surface area (Å²) in [5, 5.41) is 0. The van der Waals surface area contributed by atoms with Gasteiger partial charge in [0.25, 0.3) is 0 Å². The fourth-order valence-corrected chi connectivity index (χ4v) is 1.18. The first-order valence-electron chi connectivity index (χ1n) is 4.71. The lowest BCUT2D eigenvalue weighted by molar-refractivity contribution is 0.448. The number of benzene rings is 1. The molecule has 2 aromatic rings. The standard InChI is InChI=1S/C11H9F2N3O/c12-7-2-1-6(5-8(7)13)17-10-4-3-9(14)11(15)16-10/h1-5H,14H2,(H2,15,16). The minimum atomic E-state index is -0.995. The van der Waals surface area contributed by atoms with E-state index in [9.17, 15) is 8.78 Å². The molecule has 0 fully saturated rings. The first kappa shape index (κ1) is 11.1. The Labute approximate surface area is 95.8 Å². The zero-order valence-electron chi connectivity index (χ0n) is 8.65. The lowest BCUT2D eigenvalue weighted by atomic mass is 10.3. The topological polar surface area (TPSA) is 74.2 Å². The van der Waals surface area contributed by atoms with Gasteiger partial charge < -0.3 is 16.2 Å². The van der Waals surface area contributed by atoms with E-state index in [4.69, 9.17) is 16.2 Å². The molecule has 4 N–H and O–H groups in total. The highest BCUT2D eigenvalue weighted by molar-refractivity contribution is 5.58. The quantitative estimate of drug-likeness (QED) is 0.840. The van der Waals surface area contributed by atoms with Gasteiger partial charge in [-0.3, -0.25) is 0 Å². The van der Waals surface area contributed by atoms with Gasteiger partial charge in [-0.2, -0.15) is 4.98 Å². The van der Waals surface area contributed by atoms with Crippen LogP contribution in [-0.2, 0) is 0 Å². The van der Waals surface area contributed by atoms with Gasteiger partial charge in [0.1, 0.15) is 5.75 Å². The summed E-state index contributed by atoms with van der Waals surface area (Å²) in [7, 11) is 0. The van der Waals surface area contributed by atoms with E-state index in [1.165, 1.54) is 18.2 Å². The molecule has 2 rings (SSSR count). The minimum absolute atomic E-state index is 0.116. The second kappa shape index (κ2) is 4.25. The summed E-state index contributed by atoms with van der Waals surface area (Å²) in [6, 6.07) is 6.16. The number of nitrogens with zero attached hydrogens (tertiary/aromatic N) is 1. The summed E-state index contributed by atoms with van der Waals surface area (Å²) >= 11 is 0. The predicted molar refractivity (Wildman–Crippen MR) is 59.5 cm³/mol. The van der Waals surface area contributed by atoms with Crippen LogP contribution in [0.5, 0.6) is 11.6 Å². The Kier molecular flexibility index (Phi) is 2.78. The summed E-state index contributed by atoms with van der Waals surface area (Å²) in [5.41, 5.74) is 11.3. The van der Waals surface area contributed by atoms with Crippen molar-refractivity contribution in [2.75, 3.05) is 11.5 Å². The molecule has 17 heavy (non-hydrogen) atoms. The Morgan fingerprint density at radius 2 is 1.76 bits per heavy atom. The zero-order valence-corrected chi connectivity index (χ0v) is 8.65. The molecular formula is C11H9F2N3O. The van der Waals surface area contributed by atoms with E-state index in [1.807, 2.05) is 0 Å². The molecule has 6 heteroatoms. The SMILES string of the molecule is Nc1ccc(Oc2ccc(F)c(F)c2)nc1N. The summed E-state index contributed by atoms with van der Waals surface area (Å²) in [6.45, 7) is 0. The molecule has 0 unspecified atom stereocenters. The van der Waals surface area contributed by atoms with Crippen molar-refractivity contribution < 1.29 is 13.5 Å². The molecule has 0 atom stereocenters. The molecule has 1 aromatic heterocycles. The maximum absolute atomic E-state index is 12.9. The Morgan fingerprint density at radius 1 is 1.00 bits per heavy atom. The first-order chi connectivity index (χ1) is 8.06. The zero-order chi connectivity index (χ0) is 12.4. The number of hydrogen-bond donors (Lipinski definition) is 2. The van der Waals surface area contributed by atoms with Crippen LogP contribution in [0.4, 0.5) is 20.3 Å². The number of hydrogen-bond acceptors (Lipinski definition) is 4. The van der Waals surface area contributed by atoms with Crippen molar-refractivity contribution in [3.8, 4) is 11.6 Å². The van der Waals surface area contributed by atoms with Crippen molar-refractivity contribution >= 4 is 11.5 Å². The van der Waals surface area contributed by atoms with E-state index in [0.29, 0.717) is 5.69 Å². The van der Waals surface area contributed by atoms with Crippen LogP contribution < -0.4 is 16.2 Å². The molecule has 0 radical (unpaired) electrons. The highest BCUT2D eigenvalue weighted by Crippen LogP contribution is 2.24. The number of rotatable bonds is 2. The molecule has 0 amide bonds. The summed E-state index contributed by atoms with van der Waals surface area (Å²) in [4.78, 5) is 3.83. The van der Waals surface area contributed by atoms with E-state index >= 15 is 0 Å². The van der Waals surface area contributed by atoms with Crippen LogP contribution in [0, 0.1) is 11.6 Å². The van der Waals surface area contributed by atoms with Crippen molar-refractivity contribution in [3.05, 3.63) is 42.0 Å². The lowest BCUT2D eigenvalue weighted by Crippen LogP contribution is -1.99. The van der Waals surface area contributed by atoms with Gasteiger partial charge in [-0.05, 0) is 18.2 Å². The Hall–Kier alpha value is -2.37. The molecular weight excluding hydrogens is 228 g/mol. The van der Waals surface area contributed by atoms with Gasteiger partial charge in [-0.15, -0.1) is 0 Å². The number of aromatic nitrogens is 1. The van der Waals surface area contributed by atoms with Gasteiger partial charge in [0, 0.05) is 12.1 Å².